The van der Waals surface area contributed by atoms with Gasteiger partial charge in [-0.3, -0.25) is 0 Å². The van der Waals surface area contributed by atoms with Gasteiger partial charge < -0.3 is 19.9 Å². The molecule has 0 heterocycles. The summed E-state index contributed by atoms with van der Waals surface area (Å²) in [5.74, 6) is 1.60. The minimum Gasteiger partial charge on any atom is -0.497 e. The summed E-state index contributed by atoms with van der Waals surface area (Å²) in [6.45, 7) is 4.50. The highest BCUT2D eigenvalue weighted by Crippen LogP contribution is 2.26. The number of ether oxygens (including phenoxy) is 3. The highest BCUT2D eigenvalue weighted by molar-refractivity contribution is 5.41. The summed E-state index contributed by atoms with van der Waals surface area (Å²) in [5, 5.41) is 0. The number of rotatable bonds is 7. The Morgan fingerprint density at radius 3 is 2.50 bits per heavy atom. The van der Waals surface area contributed by atoms with Crippen molar-refractivity contribution in [3.63, 3.8) is 0 Å². The lowest BCUT2D eigenvalue weighted by atomic mass is 10.1. The fourth-order valence-corrected chi connectivity index (χ4v) is 1.77. The van der Waals surface area contributed by atoms with Crippen LogP contribution in [-0.4, -0.2) is 33.0 Å². The standard InChI is InChI=1S/C14H23NO3/c1-10(15)7-12-5-6-13(17-4)8-14(12)18-11(2)9-16-3/h5-6,8,10-11H,7,9,15H2,1-4H3. The number of hydrogen-bond donors (Lipinski definition) is 1. The zero-order chi connectivity index (χ0) is 13.5. The van der Waals surface area contributed by atoms with E-state index in [1.807, 2.05) is 32.0 Å². The molecule has 2 atom stereocenters. The van der Waals surface area contributed by atoms with Crippen molar-refractivity contribution < 1.29 is 14.2 Å². The minimum atomic E-state index is -0.00561. The van der Waals surface area contributed by atoms with Crippen molar-refractivity contribution in [2.45, 2.75) is 32.4 Å². The van der Waals surface area contributed by atoms with Gasteiger partial charge in [-0.1, -0.05) is 6.07 Å². The van der Waals surface area contributed by atoms with E-state index in [2.05, 4.69) is 0 Å². The van der Waals surface area contributed by atoms with Crippen molar-refractivity contribution in [3.05, 3.63) is 23.8 Å². The molecule has 1 aromatic carbocycles. The van der Waals surface area contributed by atoms with Gasteiger partial charge in [0.15, 0.2) is 0 Å². The number of nitrogens with two attached hydrogens (primary N) is 1. The Balaban J connectivity index is 2.88. The summed E-state index contributed by atoms with van der Waals surface area (Å²) in [6, 6.07) is 5.91. The van der Waals surface area contributed by atoms with Crippen molar-refractivity contribution in [1.82, 2.24) is 0 Å². The van der Waals surface area contributed by atoms with Crippen LogP contribution in [-0.2, 0) is 11.2 Å². The molecule has 0 radical (unpaired) electrons. The molecule has 102 valence electrons. The quantitative estimate of drug-likeness (QED) is 0.807. The molecule has 0 aliphatic heterocycles. The van der Waals surface area contributed by atoms with E-state index in [0.29, 0.717) is 6.61 Å². The van der Waals surface area contributed by atoms with Gasteiger partial charge in [0, 0.05) is 19.2 Å². The van der Waals surface area contributed by atoms with E-state index < -0.39 is 0 Å². The summed E-state index contributed by atoms with van der Waals surface area (Å²) in [7, 11) is 3.30. The Morgan fingerprint density at radius 1 is 1.22 bits per heavy atom. The van der Waals surface area contributed by atoms with Crippen LogP contribution < -0.4 is 15.2 Å². The van der Waals surface area contributed by atoms with Crippen LogP contribution in [0.4, 0.5) is 0 Å². The molecule has 18 heavy (non-hydrogen) atoms. The van der Waals surface area contributed by atoms with E-state index in [-0.39, 0.29) is 12.1 Å². The Bertz CT molecular complexity index is 366. The zero-order valence-electron chi connectivity index (χ0n) is 11.6. The first kappa shape index (κ1) is 14.8. The third kappa shape index (κ3) is 4.55. The molecule has 4 heteroatoms. The monoisotopic (exact) mass is 253 g/mol. The van der Waals surface area contributed by atoms with E-state index in [9.17, 15) is 0 Å². The van der Waals surface area contributed by atoms with E-state index in [1.54, 1.807) is 14.2 Å². The predicted molar refractivity (Wildman–Crippen MR) is 72.3 cm³/mol. The molecule has 2 N–H and O–H groups in total. The second-order valence-electron chi connectivity index (χ2n) is 4.54. The van der Waals surface area contributed by atoms with Crippen LogP contribution in [0.2, 0.25) is 0 Å². The average molecular weight is 253 g/mol. The summed E-state index contributed by atoms with van der Waals surface area (Å²) < 4.78 is 16.2. The van der Waals surface area contributed by atoms with Gasteiger partial charge in [-0.05, 0) is 31.9 Å². The molecule has 0 saturated carbocycles. The van der Waals surface area contributed by atoms with E-state index in [0.717, 1.165) is 23.5 Å². The van der Waals surface area contributed by atoms with Gasteiger partial charge in [0.25, 0.3) is 0 Å². The van der Waals surface area contributed by atoms with Gasteiger partial charge in [-0.25, -0.2) is 0 Å². The Labute approximate surface area is 109 Å². The van der Waals surface area contributed by atoms with Crippen LogP contribution in [0.5, 0.6) is 11.5 Å². The third-order valence-electron chi connectivity index (χ3n) is 2.55. The first-order valence-electron chi connectivity index (χ1n) is 6.15. The minimum absolute atomic E-state index is 0.00561. The highest BCUT2D eigenvalue weighted by Gasteiger charge is 2.11. The molecular formula is C14H23NO3. The van der Waals surface area contributed by atoms with Crippen molar-refractivity contribution in [2.24, 2.45) is 5.73 Å². The SMILES string of the molecule is COCC(C)Oc1cc(OC)ccc1CC(C)N. The maximum absolute atomic E-state index is 5.87. The summed E-state index contributed by atoms with van der Waals surface area (Å²) in [4.78, 5) is 0. The lowest BCUT2D eigenvalue weighted by Gasteiger charge is -2.18. The molecule has 0 bridgehead atoms. The van der Waals surface area contributed by atoms with Crippen LogP contribution in [0.1, 0.15) is 19.4 Å². The second kappa shape index (κ2) is 7.24. The Morgan fingerprint density at radius 2 is 1.94 bits per heavy atom. The Hall–Kier alpha value is -1.26. The van der Waals surface area contributed by atoms with Crippen LogP contribution in [0.15, 0.2) is 18.2 Å². The maximum atomic E-state index is 5.87. The number of hydrogen-bond acceptors (Lipinski definition) is 4. The second-order valence-corrected chi connectivity index (χ2v) is 4.54. The highest BCUT2D eigenvalue weighted by atomic mass is 16.5. The molecular weight excluding hydrogens is 230 g/mol. The van der Waals surface area contributed by atoms with Gasteiger partial charge in [0.05, 0.1) is 13.7 Å². The lowest BCUT2D eigenvalue weighted by Crippen LogP contribution is -2.21. The van der Waals surface area contributed by atoms with Crippen LogP contribution >= 0.6 is 0 Å². The van der Waals surface area contributed by atoms with Crippen LogP contribution in [0, 0.1) is 0 Å². The molecule has 0 amide bonds. The summed E-state index contributed by atoms with van der Waals surface area (Å²) >= 11 is 0. The largest absolute Gasteiger partial charge is 0.497 e. The third-order valence-corrected chi connectivity index (χ3v) is 2.55. The van der Waals surface area contributed by atoms with E-state index in [1.165, 1.54) is 0 Å². The van der Waals surface area contributed by atoms with Gasteiger partial charge in [-0.15, -0.1) is 0 Å². The Kier molecular flexibility index (Phi) is 5.95. The molecule has 1 aromatic rings. The predicted octanol–water partition coefficient (Wildman–Crippen LogP) is 2.00. The molecule has 2 unspecified atom stereocenters. The van der Waals surface area contributed by atoms with Crippen LogP contribution in [0.3, 0.4) is 0 Å². The van der Waals surface area contributed by atoms with E-state index in [4.69, 9.17) is 19.9 Å². The molecule has 0 aromatic heterocycles. The topological polar surface area (TPSA) is 53.7 Å². The van der Waals surface area contributed by atoms with Gasteiger partial charge >= 0.3 is 0 Å². The molecule has 1 rings (SSSR count). The molecule has 0 aliphatic rings. The molecule has 4 nitrogen and oxygen atoms in total. The first-order valence-corrected chi connectivity index (χ1v) is 6.15. The molecule has 0 spiro atoms. The molecule has 0 fully saturated rings. The lowest BCUT2D eigenvalue weighted by molar-refractivity contribution is 0.0912. The fraction of sp³-hybridized carbons (Fsp3) is 0.571. The zero-order valence-corrected chi connectivity index (χ0v) is 11.6. The molecule has 0 aliphatic carbocycles. The van der Waals surface area contributed by atoms with Crippen molar-refractivity contribution in [1.29, 1.82) is 0 Å². The summed E-state index contributed by atoms with van der Waals surface area (Å²) in [5.41, 5.74) is 6.93. The number of benzene rings is 1. The van der Waals surface area contributed by atoms with Gasteiger partial charge in [-0.2, -0.15) is 0 Å². The van der Waals surface area contributed by atoms with Gasteiger partial charge in [0.1, 0.15) is 17.6 Å². The first-order chi connectivity index (χ1) is 8.56. The van der Waals surface area contributed by atoms with E-state index >= 15 is 0 Å². The number of methoxy groups -OCH3 is 2. The maximum Gasteiger partial charge on any atom is 0.126 e. The van der Waals surface area contributed by atoms with Crippen molar-refractivity contribution in [3.8, 4) is 11.5 Å². The van der Waals surface area contributed by atoms with Crippen LogP contribution in [0.25, 0.3) is 0 Å². The van der Waals surface area contributed by atoms with Gasteiger partial charge in [0.2, 0.25) is 0 Å². The summed E-state index contributed by atoms with van der Waals surface area (Å²) in [6.07, 6.45) is 0.771. The van der Waals surface area contributed by atoms with Crippen molar-refractivity contribution in [2.75, 3.05) is 20.8 Å². The smallest absolute Gasteiger partial charge is 0.126 e. The average Bonchev–Trinajstić information content (AvgIpc) is 2.31. The fourth-order valence-electron chi connectivity index (χ4n) is 1.77. The normalized spacial score (nSPS) is 14.1. The molecule has 0 saturated heterocycles. The van der Waals surface area contributed by atoms with Crippen molar-refractivity contribution >= 4 is 0 Å².